The molecule has 8 rings (SSSR count). The van der Waals surface area contributed by atoms with Gasteiger partial charge in [-0.2, -0.15) is 26.3 Å². The van der Waals surface area contributed by atoms with E-state index in [0.717, 1.165) is 97.8 Å². The highest BCUT2D eigenvalue weighted by atomic mass is 35.5. The van der Waals surface area contributed by atoms with Crippen LogP contribution in [0.4, 0.5) is 47.3 Å². The Morgan fingerprint density at radius 2 is 1.03 bits per heavy atom. The molecule has 376 valence electrons. The van der Waals surface area contributed by atoms with Crippen molar-refractivity contribution in [1.29, 1.82) is 0 Å². The Balaban J connectivity index is 0.000000188. The van der Waals surface area contributed by atoms with Crippen LogP contribution in [0.25, 0.3) is 0 Å². The van der Waals surface area contributed by atoms with Crippen LogP contribution in [-0.4, -0.2) is 41.6 Å². The zero-order chi connectivity index (χ0) is 50.3. The van der Waals surface area contributed by atoms with Crippen molar-refractivity contribution in [3.8, 4) is 11.5 Å². The van der Waals surface area contributed by atoms with Gasteiger partial charge in [0, 0.05) is 24.5 Å². The highest BCUT2D eigenvalue weighted by Crippen LogP contribution is 2.41. The SMILES string of the molecule is CC(C)(C)OC(=O)N1CCc2cc(O)ccc21.CC(C)(C)OC(=O)N1CCc2cc(OCc3ccc(C4CCCCC4)cc3C(F)(F)F)ccc21.FC(F)(F)c1cc(C2CCCCC2)ccc1CCl. The number of halogens is 7. The number of anilines is 2. The largest absolute Gasteiger partial charge is 0.508 e. The van der Waals surface area contributed by atoms with Crippen LogP contribution >= 0.6 is 11.6 Å². The van der Waals surface area contributed by atoms with Crippen LogP contribution < -0.4 is 14.5 Å². The Hall–Kier alpha value is -5.11. The first kappa shape index (κ1) is 53.2. The molecule has 0 saturated heterocycles. The number of hydrogen-bond donors (Lipinski definition) is 1. The Labute approximate surface area is 407 Å². The van der Waals surface area contributed by atoms with Crippen molar-refractivity contribution < 1.29 is 55.2 Å². The minimum absolute atomic E-state index is 0.0974. The van der Waals surface area contributed by atoms with Crippen molar-refractivity contribution in [3.05, 3.63) is 117 Å². The Kier molecular flexibility index (Phi) is 17.2. The summed E-state index contributed by atoms with van der Waals surface area (Å²) in [5.74, 6) is 1.10. The van der Waals surface area contributed by atoms with E-state index >= 15 is 0 Å². The van der Waals surface area contributed by atoms with E-state index in [-0.39, 0.29) is 47.3 Å². The molecule has 2 saturated carbocycles. The molecule has 2 fully saturated rings. The molecule has 0 spiro atoms. The lowest BCUT2D eigenvalue weighted by atomic mass is 9.83. The minimum atomic E-state index is -4.44. The van der Waals surface area contributed by atoms with Crippen LogP contribution in [0, 0.1) is 0 Å². The number of fused-ring (bicyclic) bond motifs is 2. The number of carbonyl (C=O) groups is 2. The molecule has 15 heteroatoms. The summed E-state index contributed by atoms with van der Waals surface area (Å²) in [6, 6.07) is 19.6. The molecule has 4 aromatic carbocycles. The van der Waals surface area contributed by atoms with E-state index in [1.54, 1.807) is 52.3 Å². The summed E-state index contributed by atoms with van der Waals surface area (Å²) < 4.78 is 96.8. The summed E-state index contributed by atoms with van der Waals surface area (Å²) in [6.45, 7) is 11.9. The molecule has 69 heavy (non-hydrogen) atoms. The third-order valence-corrected chi connectivity index (χ3v) is 13.0. The Morgan fingerprint density at radius 3 is 1.48 bits per heavy atom. The van der Waals surface area contributed by atoms with Gasteiger partial charge in [0.15, 0.2) is 0 Å². The number of nitrogens with zero attached hydrogens (tertiary/aromatic N) is 2. The van der Waals surface area contributed by atoms with Gasteiger partial charge in [-0.05, 0) is 168 Å². The van der Waals surface area contributed by atoms with Gasteiger partial charge in [0.1, 0.15) is 29.3 Å². The van der Waals surface area contributed by atoms with Gasteiger partial charge in [-0.1, -0.05) is 62.8 Å². The van der Waals surface area contributed by atoms with Crippen molar-refractivity contribution in [3.63, 3.8) is 0 Å². The van der Waals surface area contributed by atoms with Crippen LogP contribution in [0.1, 0.15) is 162 Å². The Morgan fingerprint density at radius 1 is 0.594 bits per heavy atom. The third-order valence-electron chi connectivity index (χ3n) is 12.7. The molecule has 4 aromatic rings. The van der Waals surface area contributed by atoms with Crippen LogP contribution in [0.15, 0.2) is 72.8 Å². The maximum Gasteiger partial charge on any atom is 0.416 e. The number of ether oxygens (including phenoxy) is 3. The smallest absolute Gasteiger partial charge is 0.416 e. The minimum Gasteiger partial charge on any atom is -0.508 e. The number of hydrogen-bond acceptors (Lipinski definition) is 6. The average molecular weight is 988 g/mol. The summed E-state index contributed by atoms with van der Waals surface area (Å²) in [5.41, 5.74) is 3.09. The van der Waals surface area contributed by atoms with E-state index in [1.807, 2.05) is 53.7 Å². The van der Waals surface area contributed by atoms with E-state index in [4.69, 9.17) is 25.8 Å². The van der Waals surface area contributed by atoms with Crippen LogP contribution in [0.5, 0.6) is 11.5 Å². The maximum absolute atomic E-state index is 13.8. The third kappa shape index (κ3) is 14.7. The number of phenolic OH excluding ortho intramolecular Hbond substituents is 1. The predicted octanol–water partition coefficient (Wildman–Crippen LogP) is 15.8. The topological polar surface area (TPSA) is 88.5 Å². The second-order valence-electron chi connectivity index (χ2n) is 20.3. The molecule has 0 aromatic heterocycles. The normalized spacial score (nSPS) is 16.7. The van der Waals surface area contributed by atoms with Crippen LogP contribution in [0.3, 0.4) is 0 Å². The molecule has 2 aliphatic heterocycles. The van der Waals surface area contributed by atoms with E-state index < -0.39 is 40.8 Å². The monoisotopic (exact) mass is 986 g/mol. The lowest BCUT2D eigenvalue weighted by Gasteiger charge is -2.25. The lowest BCUT2D eigenvalue weighted by Crippen LogP contribution is -2.35. The second kappa shape index (κ2) is 22.3. The summed E-state index contributed by atoms with van der Waals surface area (Å²) >= 11 is 5.58. The first-order valence-corrected chi connectivity index (χ1v) is 24.5. The zero-order valence-electron chi connectivity index (χ0n) is 40.4. The van der Waals surface area contributed by atoms with Gasteiger partial charge < -0.3 is 19.3 Å². The standard InChI is InChI=1S/C27H32F3NO3.C14H16ClF3.C13H17NO3/c1-26(2,3)34-25(32)31-14-13-20-15-22(11-12-24(20)31)33-17-21-10-9-19(16-23(21)27(28,29)30)18-7-5-4-6-8-18;15-9-12-7-6-11(8-13(12)14(16,17)18)10-4-2-1-3-5-10;1-13(2,3)17-12(16)14-7-6-9-8-10(15)4-5-11(9)14/h9-12,15-16,18H,4-8,13-14,17H2,1-3H3;6-8,10H,1-5,9H2;4-5,8,15H,6-7H2,1-3H3. The second-order valence-corrected chi connectivity index (χ2v) is 20.6. The Bertz CT molecular complexity index is 2400. The number of carbonyl (C=O) groups excluding carboxylic acids is 2. The van der Waals surface area contributed by atoms with E-state index in [1.165, 1.54) is 24.6 Å². The zero-order valence-corrected chi connectivity index (χ0v) is 41.2. The molecule has 2 amide bonds. The lowest BCUT2D eigenvalue weighted by molar-refractivity contribution is -0.139. The fourth-order valence-electron chi connectivity index (χ4n) is 9.37. The summed E-state index contributed by atoms with van der Waals surface area (Å²) in [4.78, 5) is 27.6. The summed E-state index contributed by atoms with van der Waals surface area (Å²) in [7, 11) is 0. The van der Waals surface area contributed by atoms with Gasteiger partial charge >= 0.3 is 24.5 Å². The van der Waals surface area contributed by atoms with Gasteiger partial charge in [-0.15, -0.1) is 11.6 Å². The van der Waals surface area contributed by atoms with Gasteiger partial charge in [0.05, 0.1) is 22.5 Å². The molecule has 4 aliphatic rings. The van der Waals surface area contributed by atoms with Gasteiger partial charge in [0.25, 0.3) is 0 Å². The average Bonchev–Trinajstić information content (AvgIpc) is 3.92. The molecule has 8 nitrogen and oxygen atoms in total. The number of alkyl halides is 7. The molecule has 0 unspecified atom stereocenters. The van der Waals surface area contributed by atoms with Crippen molar-refractivity contribution in [2.45, 2.75) is 166 Å². The summed E-state index contributed by atoms with van der Waals surface area (Å²) in [6.07, 6.45) is 2.51. The van der Waals surface area contributed by atoms with Crippen molar-refractivity contribution >= 4 is 35.2 Å². The van der Waals surface area contributed by atoms with E-state index in [9.17, 15) is 41.0 Å². The van der Waals surface area contributed by atoms with Crippen molar-refractivity contribution in [2.75, 3.05) is 22.9 Å². The molecule has 0 atom stereocenters. The molecule has 2 aliphatic carbocycles. The number of amides is 2. The molecular weight excluding hydrogens is 922 g/mol. The van der Waals surface area contributed by atoms with E-state index in [2.05, 4.69) is 0 Å². The van der Waals surface area contributed by atoms with Gasteiger partial charge in [-0.25, -0.2) is 9.59 Å². The fraction of sp³-hybridized carbons (Fsp3) is 0.519. The summed E-state index contributed by atoms with van der Waals surface area (Å²) in [5, 5.41) is 9.37. The van der Waals surface area contributed by atoms with E-state index in [0.29, 0.717) is 25.3 Å². The van der Waals surface area contributed by atoms with Crippen LogP contribution in [-0.2, 0) is 47.2 Å². The first-order valence-electron chi connectivity index (χ1n) is 23.9. The molecule has 2 heterocycles. The number of phenols is 1. The first-order chi connectivity index (χ1) is 32.4. The highest BCUT2D eigenvalue weighted by molar-refractivity contribution is 6.17. The van der Waals surface area contributed by atoms with Gasteiger partial charge in [-0.3, -0.25) is 9.80 Å². The van der Waals surface area contributed by atoms with Gasteiger partial charge in [0.2, 0.25) is 0 Å². The molecule has 0 bridgehead atoms. The molecule has 1 N–H and O–H groups in total. The van der Waals surface area contributed by atoms with Crippen LogP contribution in [0.2, 0.25) is 0 Å². The maximum atomic E-state index is 13.8. The number of rotatable bonds is 6. The fourth-order valence-corrected chi connectivity index (χ4v) is 9.60. The molecular formula is C54H65ClF6N2O6. The molecule has 0 radical (unpaired) electrons. The predicted molar refractivity (Wildman–Crippen MR) is 258 cm³/mol. The number of benzene rings is 4. The highest BCUT2D eigenvalue weighted by Gasteiger charge is 2.36. The number of aromatic hydroxyl groups is 1. The van der Waals surface area contributed by atoms with Crippen molar-refractivity contribution in [1.82, 2.24) is 0 Å². The quantitative estimate of drug-likeness (QED) is 0.153. The van der Waals surface area contributed by atoms with Crippen molar-refractivity contribution in [2.24, 2.45) is 0 Å².